The van der Waals surface area contributed by atoms with Crippen LogP contribution in [0, 0.1) is 0 Å². The van der Waals surface area contributed by atoms with Crippen LogP contribution in [0.3, 0.4) is 0 Å². The van der Waals surface area contributed by atoms with E-state index in [-0.39, 0.29) is 17.7 Å². The van der Waals surface area contributed by atoms with E-state index in [1.54, 1.807) is 36.6 Å². The zero-order chi connectivity index (χ0) is 17.2. The molecule has 1 aliphatic heterocycles. The zero-order valence-electron chi connectivity index (χ0n) is 13.4. The van der Waals surface area contributed by atoms with Crippen molar-refractivity contribution in [2.45, 2.75) is 12.5 Å². The fourth-order valence-electron chi connectivity index (χ4n) is 3.01. The molecular formula is C20H16N2O3. The molecule has 1 N–H and O–H groups in total. The molecule has 3 aromatic rings. The highest BCUT2D eigenvalue weighted by Gasteiger charge is 2.35. The number of amides is 1. The van der Waals surface area contributed by atoms with Gasteiger partial charge in [-0.25, -0.2) is 5.01 Å². The van der Waals surface area contributed by atoms with E-state index in [9.17, 15) is 9.90 Å². The molecular weight excluding hydrogens is 316 g/mol. The van der Waals surface area contributed by atoms with Crippen molar-refractivity contribution in [3.05, 3.63) is 89.9 Å². The van der Waals surface area contributed by atoms with Crippen LogP contribution in [0.5, 0.6) is 5.75 Å². The molecule has 5 nitrogen and oxygen atoms in total. The minimum Gasteiger partial charge on any atom is -0.508 e. The molecule has 5 heteroatoms. The summed E-state index contributed by atoms with van der Waals surface area (Å²) in [5, 5.41) is 16.2. The summed E-state index contributed by atoms with van der Waals surface area (Å²) in [4.78, 5) is 13.0. The molecule has 0 saturated carbocycles. The second-order valence-electron chi connectivity index (χ2n) is 5.82. The quantitative estimate of drug-likeness (QED) is 0.789. The number of para-hydroxylation sites is 1. The Morgan fingerprint density at radius 1 is 1.04 bits per heavy atom. The first kappa shape index (κ1) is 15.2. The van der Waals surface area contributed by atoms with E-state index >= 15 is 0 Å². The largest absolute Gasteiger partial charge is 0.508 e. The number of aromatic hydroxyl groups is 1. The molecule has 2 heterocycles. The van der Waals surface area contributed by atoms with E-state index < -0.39 is 0 Å². The van der Waals surface area contributed by atoms with Crippen LogP contribution in [0.25, 0.3) is 0 Å². The normalized spacial score (nSPS) is 16.7. The lowest BCUT2D eigenvalue weighted by Crippen LogP contribution is -2.27. The van der Waals surface area contributed by atoms with Crippen molar-refractivity contribution in [2.75, 3.05) is 0 Å². The van der Waals surface area contributed by atoms with E-state index in [4.69, 9.17) is 4.42 Å². The maximum absolute atomic E-state index is 13.0. The number of phenols is 1. The minimum absolute atomic E-state index is 0.147. The number of hydrogen-bond acceptors (Lipinski definition) is 4. The maximum Gasteiger partial charge on any atom is 0.274 e. The number of rotatable bonds is 3. The van der Waals surface area contributed by atoms with Crippen LogP contribution in [0.15, 0.2) is 82.5 Å². The smallest absolute Gasteiger partial charge is 0.274 e. The number of phenolic OH excluding ortho intramolecular Hbond substituents is 1. The third kappa shape index (κ3) is 2.80. The molecule has 0 bridgehead atoms. The lowest BCUT2D eigenvalue weighted by atomic mass is 9.99. The number of nitrogens with zero attached hydrogens (tertiary/aromatic N) is 2. The van der Waals surface area contributed by atoms with Gasteiger partial charge >= 0.3 is 0 Å². The minimum atomic E-state index is -0.381. The molecule has 25 heavy (non-hydrogen) atoms. The van der Waals surface area contributed by atoms with E-state index in [0.717, 1.165) is 0 Å². The summed E-state index contributed by atoms with van der Waals surface area (Å²) in [5.41, 5.74) is 1.90. The molecule has 2 aromatic carbocycles. The first-order chi connectivity index (χ1) is 12.2. The first-order valence-corrected chi connectivity index (χ1v) is 8.02. The van der Waals surface area contributed by atoms with Crippen molar-refractivity contribution >= 4 is 11.6 Å². The van der Waals surface area contributed by atoms with Gasteiger partial charge in [0.1, 0.15) is 17.2 Å². The Balaban J connectivity index is 1.75. The molecule has 0 saturated heterocycles. The van der Waals surface area contributed by atoms with Crippen LogP contribution >= 0.6 is 0 Å². The summed E-state index contributed by atoms with van der Waals surface area (Å²) in [5.74, 6) is 0.563. The summed E-state index contributed by atoms with van der Waals surface area (Å²) in [6.07, 6.45) is 2.05. The number of benzene rings is 2. The third-order valence-corrected chi connectivity index (χ3v) is 4.24. The molecule has 1 unspecified atom stereocenters. The first-order valence-electron chi connectivity index (χ1n) is 8.02. The molecule has 0 radical (unpaired) electrons. The second kappa shape index (κ2) is 6.28. The Labute approximate surface area is 144 Å². The van der Waals surface area contributed by atoms with Crippen molar-refractivity contribution in [2.24, 2.45) is 5.10 Å². The Morgan fingerprint density at radius 2 is 1.80 bits per heavy atom. The second-order valence-corrected chi connectivity index (χ2v) is 5.82. The third-order valence-electron chi connectivity index (χ3n) is 4.24. The van der Waals surface area contributed by atoms with E-state index in [1.807, 2.05) is 36.4 Å². The fraction of sp³-hybridized carbons (Fsp3) is 0.100. The maximum atomic E-state index is 13.0. The van der Waals surface area contributed by atoms with Gasteiger partial charge in [-0.1, -0.05) is 36.4 Å². The van der Waals surface area contributed by atoms with Crippen LogP contribution in [-0.2, 0) is 0 Å². The van der Waals surface area contributed by atoms with E-state index in [2.05, 4.69) is 5.10 Å². The van der Waals surface area contributed by atoms with E-state index in [1.165, 1.54) is 5.01 Å². The number of carbonyl (C=O) groups is 1. The Kier molecular flexibility index (Phi) is 3.82. The topological polar surface area (TPSA) is 66.0 Å². The van der Waals surface area contributed by atoms with Crippen molar-refractivity contribution in [1.82, 2.24) is 5.01 Å². The summed E-state index contributed by atoms with van der Waals surface area (Å²) >= 11 is 0. The van der Waals surface area contributed by atoms with Crippen molar-refractivity contribution < 1.29 is 14.3 Å². The number of carbonyl (C=O) groups excluding carboxylic acids is 1. The zero-order valence-corrected chi connectivity index (χ0v) is 13.4. The van der Waals surface area contributed by atoms with Gasteiger partial charge in [0.15, 0.2) is 0 Å². The predicted molar refractivity (Wildman–Crippen MR) is 93.3 cm³/mol. The molecule has 1 aliphatic rings. The highest BCUT2D eigenvalue weighted by Crippen LogP contribution is 2.37. The SMILES string of the molecule is O=C(c1ccccc1)N1N=C(c2ccco2)CC1c1ccccc1O. The van der Waals surface area contributed by atoms with Gasteiger partial charge in [-0.15, -0.1) is 0 Å². The van der Waals surface area contributed by atoms with Gasteiger partial charge < -0.3 is 9.52 Å². The fourth-order valence-corrected chi connectivity index (χ4v) is 3.01. The number of furan rings is 1. The molecule has 124 valence electrons. The Hall–Kier alpha value is -3.34. The Bertz CT molecular complexity index is 917. The Morgan fingerprint density at radius 3 is 2.52 bits per heavy atom. The molecule has 1 aromatic heterocycles. The molecule has 0 aliphatic carbocycles. The van der Waals surface area contributed by atoms with Crippen molar-refractivity contribution in [1.29, 1.82) is 0 Å². The van der Waals surface area contributed by atoms with Crippen LogP contribution in [0.1, 0.15) is 34.1 Å². The molecule has 1 atom stereocenters. The summed E-state index contributed by atoms with van der Waals surface area (Å²) in [6, 6.07) is 19.2. The predicted octanol–water partition coefficient (Wildman–Crippen LogP) is 3.98. The average molecular weight is 332 g/mol. The van der Waals surface area contributed by atoms with Gasteiger partial charge in [-0.3, -0.25) is 4.79 Å². The van der Waals surface area contributed by atoms with Gasteiger partial charge in [0.2, 0.25) is 0 Å². The average Bonchev–Trinajstić information content (AvgIpc) is 3.32. The lowest BCUT2D eigenvalue weighted by molar-refractivity contribution is 0.0709. The summed E-state index contributed by atoms with van der Waals surface area (Å²) < 4.78 is 5.43. The van der Waals surface area contributed by atoms with Crippen molar-refractivity contribution in [3.8, 4) is 5.75 Å². The monoisotopic (exact) mass is 332 g/mol. The molecule has 4 rings (SSSR count). The van der Waals surface area contributed by atoms with E-state index in [0.29, 0.717) is 29.0 Å². The van der Waals surface area contributed by atoms with Crippen LogP contribution in [0.4, 0.5) is 0 Å². The van der Waals surface area contributed by atoms with Gasteiger partial charge in [0, 0.05) is 17.5 Å². The number of hydrazone groups is 1. The molecule has 1 amide bonds. The van der Waals surface area contributed by atoms with Gasteiger partial charge in [-0.2, -0.15) is 5.10 Å². The van der Waals surface area contributed by atoms with Gasteiger partial charge in [0.25, 0.3) is 5.91 Å². The van der Waals surface area contributed by atoms with Crippen molar-refractivity contribution in [3.63, 3.8) is 0 Å². The van der Waals surface area contributed by atoms with Gasteiger partial charge in [0.05, 0.1) is 12.3 Å². The van der Waals surface area contributed by atoms with Gasteiger partial charge in [-0.05, 0) is 30.3 Å². The van der Waals surface area contributed by atoms with Crippen LogP contribution in [0.2, 0.25) is 0 Å². The summed E-state index contributed by atoms with van der Waals surface area (Å²) in [6.45, 7) is 0. The molecule has 0 spiro atoms. The van der Waals surface area contributed by atoms with Crippen LogP contribution in [-0.4, -0.2) is 21.7 Å². The van der Waals surface area contributed by atoms with Crippen LogP contribution < -0.4 is 0 Å². The lowest BCUT2D eigenvalue weighted by Gasteiger charge is -2.22. The highest BCUT2D eigenvalue weighted by atomic mass is 16.3. The number of hydrogen-bond donors (Lipinski definition) is 1. The molecule has 0 fully saturated rings. The summed E-state index contributed by atoms with van der Waals surface area (Å²) in [7, 11) is 0. The standard InChI is InChI=1S/C20H16N2O3/c23-18-10-5-4-9-15(18)17-13-16(19-11-6-12-25-19)21-22(17)20(24)14-7-2-1-3-8-14/h1-12,17,23H,13H2. The highest BCUT2D eigenvalue weighted by molar-refractivity contribution is 6.03.